The normalized spacial score (nSPS) is 13.2. The van der Waals surface area contributed by atoms with Crippen molar-refractivity contribution in [2.75, 3.05) is 5.75 Å². The van der Waals surface area contributed by atoms with Crippen LogP contribution in [0.5, 0.6) is 0 Å². The second-order valence-electron chi connectivity index (χ2n) is 6.57. The molecule has 1 amide bonds. The number of nitrogens with one attached hydrogen (secondary N) is 1. The van der Waals surface area contributed by atoms with Gasteiger partial charge in [0.1, 0.15) is 5.84 Å². The Morgan fingerprint density at radius 3 is 2.36 bits per heavy atom. The number of amides is 1. The minimum Gasteiger partial charge on any atom is -0.392 e. The first-order chi connectivity index (χ1) is 13.4. The zero-order valence-electron chi connectivity index (χ0n) is 15.5. The summed E-state index contributed by atoms with van der Waals surface area (Å²) in [7, 11) is -3.26. The second-order valence-corrected chi connectivity index (χ2v) is 8.85. The van der Waals surface area contributed by atoms with E-state index in [0.717, 1.165) is 5.56 Å². The summed E-state index contributed by atoms with van der Waals surface area (Å²) in [5.41, 5.74) is 3.51. The van der Waals surface area contributed by atoms with Gasteiger partial charge in [-0.15, -0.1) is 0 Å². The number of rotatable bonds is 6. The molecule has 1 aliphatic rings. The third kappa shape index (κ3) is 4.30. The number of carbonyl (C=O) groups excluding carboxylic acids is 1. The molecule has 0 aliphatic carbocycles. The molecular formula is C20H22N2O5S. The van der Waals surface area contributed by atoms with Gasteiger partial charge in [0, 0.05) is 6.42 Å². The highest BCUT2D eigenvalue weighted by Crippen LogP contribution is 2.30. The number of carbonyl (C=O) groups is 1. The smallest absolute Gasteiger partial charge is 0.229 e. The van der Waals surface area contributed by atoms with Crippen molar-refractivity contribution >= 4 is 27.3 Å². The Morgan fingerprint density at radius 1 is 1.11 bits per heavy atom. The van der Waals surface area contributed by atoms with Gasteiger partial charge in [0.15, 0.2) is 9.84 Å². The highest BCUT2D eigenvalue weighted by molar-refractivity contribution is 7.91. The van der Waals surface area contributed by atoms with Gasteiger partial charge >= 0.3 is 0 Å². The monoisotopic (exact) mass is 402 g/mol. The molecule has 0 saturated heterocycles. The summed E-state index contributed by atoms with van der Waals surface area (Å²) in [5.74, 6) is 0.287. The van der Waals surface area contributed by atoms with Crippen molar-refractivity contribution in [2.45, 2.75) is 37.9 Å². The van der Waals surface area contributed by atoms with Crippen LogP contribution in [0.2, 0.25) is 0 Å². The van der Waals surface area contributed by atoms with Crippen molar-refractivity contribution in [2.24, 2.45) is 4.99 Å². The molecular weight excluding hydrogens is 380 g/mol. The van der Waals surface area contributed by atoms with Gasteiger partial charge in [0.05, 0.1) is 36.0 Å². The molecule has 0 spiro atoms. The fraction of sp³-hybridized carbons (Fsp3) is 0.300. The molecule has 28 heavy (non-hydrogen) atoms. The molecule has 0 fully saturated rings. The SMILES string of the molecule is CCS(=O)(=O)c1ccc(CC(=O)NC2=Nc3cc(CO)c(CO)cc3C2)cc1. The van der Waals surface area contributed by atoms with E-state index in [1.165, 1.54) is 12.1 Å². The molecule has 0 aromatic heterocycles. The Balaban J connectivity index is 1.65. The van der Waals surface area contributed by atoms with E-state index in [4.69, 9.17) is 0 Å². The molecule has 0 bridgehead atoms. The molecule has 2 aromatic rings. The van der Waals surface area contributed by atoms with Crippen LogP contribution < -0.4 is 5.32 Å². The van der Waals surface area contributed by atoms with Gasteiger partial charge in [-0.2, -0.15) is 0 Å². The first-order valence-corrected chi connectivity index (χ1v) is 10.6. The van der Waals surface area contributed by atoms with Crippen LogP contribution in [-0.2, 0) is 40.7 Å². The predicted molar refractivity (Wildman–Crippen MR) is 105 cm³/mol. The van der Waals surface area contributed by atoms with Crippen LogP contribution in [-0.4, -0.2) is 36.1 Å². The number of benzene rings is 2. The maximum absolute atomic E-state index is 12.3. The number of nitrogens with zero attached hydrogens (tertiary/aromatic N) is 1. The van der Waals surface area contributed by atoms with E-state index < -0.39 is 9.84 Å². The lowest BCUT2D eigenvalue weighted by Crippen LogP contribution is -2.31. The van der Waals surface area contributed by atoms with Gasteiger partial charge in [0.2, 0.25) is 5.91 Å². The fourth-order valence-electron chi connectivity index (χ4n) is 3.08. The largest absolute Gasteiger partial charge is 0.392 e. The summed E-state index contributed by atoms with van der Waals surface area (Å²) in [6.45, 7) is 1.22. The second kappa shape index (κ2) is 8.22. The molecule has 3 N–H and O–H groups in total. The fourth-order valence-corrected chi connectivity index (χ4v) is 3.96. The third-order valence-corrected chi connectivity index (χ3v) is 6.42. The van der Waals surface area contributed by atoms with Crippen LogP contribution >= 0.6 is 0 Å². The van der Waals surface area contributed by atoms with Crippen LogP contribution in [0, 0.1) is 0 Å². The van der Waals surface area contributed by atoms with Crippen molar-refractivity contribution in [3.8, 4) is 0 Å². The first kappa shape index (κ1) is 20.2. The zero-order valence-corrected chi connectivity index (χ0v) is 16.3. The number of hydrogen-bond acceptors (Lipinski definition) is 6. The Labute approximate surface area is 163 Å². The summed E-state index contributed by atoms with van der Waals surface area (Å²) >= 11 is 0. The van der Waals surface area contributed by atoms with E-state index in [2.05, 4.69) is 10.3 Å². The topological polar surface area (TPSA) is 116 Å². The van der Waals surface area contributed by atoms with Crippen LogP contribution in [0.1, 0.15) is 29.2 Å². The van der Waals surface area contributed by atoms with Gasteiger partial charge in [-0.1, -0.05) is 25.1 Å². The summed E-state index contributed by atoms with van der Waals surface area (Å²) < 4.78 is 23.7. The number of aliphatic imine (C=N–C) groups is 1. The maximum atomic E-state index is 12.3. The van der Waals surface area contributed by atoms with Gasteiger partial charge in [0.25, 0.3) is 0 Å². The lowest BCUT2D eigenvalue weighted by molar-refractivity contribution is -0.119. The number of amidine groups is 1. The molecule has 0 radical (unpaired) electrons. The highest BCUT2D eigenvalue weighted by Gasteiger charge is 2.19. The third-order valence-electron chi connectivity index (χ3n) is 4.67. The van der Waals surface area contributed by atoms with Crippen LogP contribution in [0.4, 0.5) is 5.69 Å². The molecule has 0 unspecified atom stereocenters. The zero-order chi connectivity index (χ0) is 20.3. The van der Waals surface area contributed by atoms with E-state index in [9.17, 15) is 23.4 Å². The minimum absolute atomic E-state index is 0.0310. The number of aliphatic hydroxyl groups is 2. The lowest BCUT2D eigenvalue weighted by atomic mass is 10.0. The summed E-state index contributed by atoms with van der Waals surface area (Å²) in [6.07, 6.45) is 0.541. The molecule has 7 nitrogen and oxygen atoms in total. The number of sulfone groups is 1. The highest BCUT2D eigenvalue weighted by atomic mass is 32.2. The van der Waals surface area contributed by atoms with E-state index in [0.29, 0.717) is 34.6 Å². The molecule has 3 rings (SSSR count). The minimum atomic E-state index is -3.26. The van der Waals surface area contributed by atoms with E-state index >= 15 is 0 Å². The maximum Gasteiger partial charge on any atom is 0.229 e. The van der Waals surface area contributed by atoms with Gasteiger partial charge in [-0.25, -0.2) is 13.4 Å². The van der Waals surface area contributed by atoms with Gasteiger partial charge < -0.3 is 15.5 Å². The van der Waals surface area contributed by atoms with E-state index in [-0.39, 0.29) is 36.2 Å². The van der Waals surface area contributed by atoms with Crippen LogP contribution in [0.15, 0.2) is 46.3 Å². The standard InChI is InChI=1S/C20H22N2O5S/c1-2-28(26,27)17-5-3-13(4-6-17)7-20(25)22-19-10-14-8-15(11-23)16(12-24)9-18(14)21-19/h3-6,8-9,23-24H,2,7,10-12H2,1H3,(H,21,22,25). The Morgan fingerprint density at radius 2 is 1.75 bits per heavy atom. The van der Waals surface area contributed by atoms with Crippen molar-refractivity contribution in [3.63, 3.8) is 0 Å². The molecule has 148 valence electrons. The lowest BCUT2D eigenvalue weighted by Gasteiger charge is -2.07. The summed E-state index contributed by atoms with van der Waals surface area (Å²) in [4.78, 5) is 16.9. The molecule has 2 aromatic carbocycles. The Bertz CT molecular complexity index is 1030. The molecule has 0 saturated carbocycles. The molecule has 8 heteroatoms. The molecule has 0 atom stereocenters. The first-order valence-electron chi connectivity index (χ1n) is 8.91. The Kier molecular flexibility index (Phi) is 5.93. The quantitative estimate of drug-likeness (QED) is 0.676. The van der Waals surface area contributed by atoms with Crippen molar-refractivity contribution in [3.05, 3.63) is 58.7 Å². The summed E-state index contributed by atoms with van der Waals surface area (Å²) in [6, 6.07) is 9.79. The van der Waals surface area contributed by atoms with E-state index in [1.54, 1.807) is 31.2 Å². The predicted octanol–water partition coefficient (Wildman–Crippen LogP) is 1.41. The average molecular weight is 402 g/mol. The number of aliphatic hydroxyl groups excluding tert-OH is 2. The number of hydrogen-bond donors (Lipinski definition) is 3. The van der Waals surface area contributed by atoms with Crippen molar-refractivity contribution in [1.29, 1.82) is 0 Å². The van der Waals surface area contributed by atoms with Crippen molar-refractivity contribution in [1.82, 2.24) is 5.32 Å². The van der Waals surface area contributed by atoms with Crippen LogP contribution in [0.3, 0.4) is 0 Å². The van der Waals surface area contributed by atoms with Gasteiger partial charge in [-0.3, -0.25) is 4.79 Å². The van der Waals surface area contributed by atoms with Crippen molar-refractivity contribution < 1.29 is 23.4 Å². The summed E-state index contributed by atoms with van der Waals surface area (Å²) in [5, 5.41) is 21.5. The average Bonchev–Trinajstić information content (AvgIpc) is 3.07. The van der Waals surface area contributed by atoms with E-state index in [1.807, 2.05) is 0 Å². The molecule has 1 aliphatic heterocycles. The van der Waals surface area contributed by atoms with Gasteiger partial charge in [-0.05, 0) is 40.5 Å². The van der Waals surface area contributed by atoms with Crippen LogP contribution in [0.25, 0.3) is 0 Å². The Hall–Kier alpha value is -2.55. The number of fused-ring (bicyclic) bond motifs is 1. The molecule has 1 heterocycles.